The number of halogens is 2. The molecule has 0 radical (unpaired) electrons. The molecule has 0 aliphatic carbocycles. The smallest absolute Gasteiger partial charge is 0.131 e. The lowest BCUT2D eigenvalue weighted by Gasteiger charge is -2.22. The molecule has 0 amide bonds. The fourth-order valence-electron chi connectivity index (χ4n) is 2.42. The molecule has 21 heavy (non-hydrogen) atoms. The summed E-state index contributed by atoms with van der Waals surface area (Å²) in [5.41, 5.74) is 2.05. The maximum absolute atomic E-state index is 14.5. The summed E-state index contributed by atoms with van der Waals surface area (Å²) in [6, 6.07) is 10.5. The van der Waals surface area contributed by atoms with Gasteiger partial charge in [-0.1, -0.05) is 36.7 Å². The standard InChI is InChI=1S/C17H19ClFNO/c1-4-20-17(13-7-5-6-11(2)16(13)19)14-10-12(18)8-9-15(14)21-3/h5-10,17,20H,4H2,1-3H3. The summed E-state index contributed by atoms with van der Waals surface area (Å²) in [6.45, 7) is 4.45. The normalized spacial score (nSPS) is 12.2. The zero-order valence-electron chi connectivity index (χ0n) is 12.4. The van der Waals surface area contributed by atoms with Gasteiger partial charge in [0.2, 0.25) is 0 Å². The number of hydrogen-bond donors (Lipinski definition) is 1. The summed E-state index contributed by atoms with van der Waals surface area (Å²) in [7, 11) is 1.60. The van der Waals surface area contributed by atoms with Crippen LogP contribution in [0.4, 0.5) is 4.39 Å². The number of rotatable bonds is 5. The van der Waals surface area contributed by atoms with Gasteiger partial charge in [-0.25, -0.2) is 4.39 Å². The lowest BCUT2D eigenvalue weighted by Crippen LogP contribution is -2.23. The van der Waals surface area contributed by atoms with Crippen molar-refractivity contribution in [1.29, 1.82) is 0 Å². The summed E-state index contributed by atoms with van der Waals surface area (Å²) in [5, 5.41) is 3.91. The molecule has 1 N–H and O–H groups in total. The van der Waals surface area contributed by atoms with Crippen molar-refractivity contribution in [3.63, 3.8) is 0 Å². The maximum Gasteiger partial charge on any atom is 0.131 e. The number of methoxy groups -OCH3 is 1. The molecule has 2 rings (SSSR count). The monoisotopic (exact) mass is 307 g/mol. The van der Waals surface area contributed by atoms with Crippen LogP contribution in [0, 0.1) is 12.7 Å². The number of nitrogens with one attached hydrogen (secondary N) is 1. The van der Waals surface area contributed by atoms with Gasteiger partial charge in [0.1, 0.15) is 11.6 Å². The number of benzene rings is 2. The SMILES string of the molecule is CCNC(c1cc(Cl)ccc1OC)c1cccc(C)c1F. The van der Waals surface area contributed by atoms with E-state index in [0.29, 0.717) is 28.4 Å². The number of hydrogen-bond acceptors (Lipinski definition) is 2. The fraction of sp³-hybridized carbons (Fsp3) is 0.294. The second-order valence-electron chi connectivity index (χ2n) is 4.86. The second-order valence-corrected chi connectivity index (χ2v) is 5.29. The van der Waals surface area contributed by atoms with Crippen molar-refractivity contribution in [2.45, 2.75) is 19.9 Å². The van der Waals surface area contributed by atoms with E-state index >= 15 is 0 Å². The highest BCUT2D eigenvalue weighted by atomic mass is 35.5. The van der Waals surface area contributed by atoms with Crippen molar-refractivity contribution < 1.29 is 9.13 Å². The van der Waals surface area contributed by atoms with Crippen LogP contribution >= 0.6 is 11.6 Å². The third kappa shape index (κ3) is 3.36. The Labute approximate surface area is 129 Å². The van der Waals surface area contributed by atoms with E-state index in [9.17, 15) is 4.39 Å². The molecule has 1 atom stereocenters. The van der Waals surface area contributed by atoms with Gasteiger partial charge in [0.25, 0.3) is 0 Å². The lowest BCUT2D eigenvalue weighted by atomic mass is 9.95. The minimum atomic E-state index is -0.302. The average Bonchev–Trinajstić information content (AvgIpc) is 2.48. The minimum absolute atomic E-state index is 0.203. The number of ether oxygens (including phenoxy) is 1. The van der Waals surface area contributed by atoms with E-state index in [1.165, 1.54) is 0 Å². The van der Waals surface area contributed by atoms with Gasteiger partial charge in [0.05, 0.1) is 13.2 Å². The first-order valence-corrected chi connectivity index (χ1v) is 7.28. The topological polar surface area (TPSA) is 21.3 Å². The molecule has 0 aromatic heterocycles. The first-order valence-electron chi connectivity index (χ1n) is 6.90. The Bertz CT molecular complexity index is 630. The van der Waals surface area contributed by atoms with Gasteiger partial charge in [-0.2, -0.15) is 0 Å². The molecule has 0 fully saturated rings. The number of aryl methyl sites for hydroxylation is 1. The Morgan fingerprint density at radius 2 is 2.00 bits per heavy atom. The largest absolute Gasteiger partial charge is 0.496 e. The van der Waals surface area contributed by atoms with Gasteiger partial charge in [-0.05, 0) is 37.2 Å². The van der Waals surface area contributed by atoms with Crippen LogP contribution in [0.5, 0.6) is 5.75 Å². The second kappa shape index (κ2) is 6.92. The molecule has 4 heteroatoms. The third-order valence-corrected chi connectivity index (χ3v) is 3.68. The molecule has 0 heterocycles. The van der Waals surface area contributed by atoms with E-state index in [0.717, 1.165) is 5.56 Å². The van der Waals surface area contributed by atoms with Crippen molar-refractivity contribution in [1.82, 2.24) is 5.32 Å². The lowest BCUT2D eigenvalue weighted by molar-refractivity contribution is 0.403. The molecule has 0 aliphatic rings. The molecule has 2 nitrogen and oxygen atoms in total. The fourth-order valence-corrected chi connectivity index (χ4v) is 2.60. The molecule has 2 aromatic carbocycles. The van der Waals surface area contributed by atoms with Gasteiger partial charge < -0.3 is 10.1 Å². The Hall–Kier alpha value is -1.58. The van der Waals surface area contributed by atoms with E-state index in [1.807, 2.05) is 19.1 Å². The van der Waals surface area contributed by atoms with Gasteiger partial charge >= 0.3 is 0 Å². The van der Waals surface area contributed by atoms with Crippen LogP contribution in [0.25, 0.3) is 0 Å². The highest BCUT2D eigenvalue weighted by Crippen LogP contribution is 2.33. The van der Waals surface area contributed by atoms with E-state index in [2.05, 4.69) is 5.32 Å². The van der Waals surface area contributed by atoms with Crippen molar-refractivity contribution in [2.75, 3.05) is 13.7 Å². The molecule has 0 aliphatic heterocycles. The van der Waals surface area contributed by atoms with Gasteiger partial charge in [0, 0.05) is 16.1 Å². The summed E-state index contributed by atoms with van der Waals surface area (Å²) >= 11 is 6.10. The van der Waals surface area contributed by atoms with Crippen molar-refractivity contribution in [2.24, 2.45) is 0 Å². The van der Waals surface area contributed by atoms with E-state index < -0.39 is 0 Å². The third-order valence-electron chi connectivity index (χ3n) is 3.44. The maximum atomic E-state index is 14.5. The molecular formula is C17H19ClFNO. The summed E-state index contributed by atoms with van der Waals surface area (Å²) in [4.78, 5) is 0. The molecule has 0 saturated heterocycles. The minimum Gasteiger partial charge on any atom is -0.496 e. The highest BCUT2D eigenvalue weighted by Gasteiger charge is 2.21. The molecule has 2 aromatic rings. The van der Waals surface area contributed by atoms with Crippen LogP contribution in [0.2, 0.25) is 5.02 Å². The van der Waals surface area contributed by atoms with E-state index in [1.54, 1.807) is 38.3 Å². The summed E-state index contributed by atoms with van der Waals surface area (Å²) < 4.78 is 19.9. The Balaban J connectivity index is 2.58. The Morgan fingerprint density at radius 1 is 1.24 bits per heavy atom. The zero-order valence-corrected chi connectivity index (χ0v) is 13.2. The van der Waals surface area contributed by atoms with Crippen LogP contribution in [0.15, 0.2) is 36.4 Å². The molecule has 112 valence electrons. The molecule has 0 spiro atoms. The molecule has 0 bridgehead atoms. The van der Waals surface area contributed by atoms with Crippen LogP contribution in [0.3, 0.4) is 0 Å². The predicted molar refractivity (Wildman–Crippen MR) is 84.7 cm³/mol. The highest BCUT2D eigenvalue weighted by molar-refractivity contribution is 6.30. The average molecular weight is 308 g/mol. The molecule has 0 saturated carbocycles. The van der Waals surface area contributed by atoms with Crippen LogP contribution in [-0.4, -0.2) is 13.7 Å². The van der Waals surface area contributed by atoms with Gasteiger partial charge in [-0.3, -0.25) is 0 Å². The van der Waals surface area contributed by atoms with E-state index in [4.69, 9.17) is 16.3 Å². The predicted octanol–water partition coefficient (Wildman–Crippen LogP) is 4.50. The van der Waals surface area contributed by atoms with E-state index in [-0.39, 0.29) is 11.9 Å². The van der Waals surface area contributed by atoms with Crippen LogP contribution in [0.1, 0.15) is 29.7 Å². The zero-order chi connectivity index (χ0) is 15.4. The van der Waals surface area contributed by atoms with Crippen molar-refractivity contribution in [3.8, 4) is 5.75 Å². The van der Waals surface area contributed by atoms with Crippen LogP contribution in [-0.2, 0) is 0 Å². The summed E-state index contributed by atoms with van der Waals surface area (Å²) in [5.74, 6) is 0.483. The van der Waals surface area contributed by atoms with Gasteiger partial charge in [-0.15, -0.1) is 0 Å². The van der Waals surface area contributed by atoms with Crippen molar-refractivity contribution in [3.05, 3.63) is 63.9 Å². The van der Waals surface area contributed by atoms with Crippen LogP contribution < -0.4 is 10.1 Å². The van der Waals surface area contributed by atoms with Crippen molar-refractivity contribution >= 4 is 11.6 Å². The Morgan fingerprint density at radius 3 is 2.67 bits per heavy atom. The quantitative estimate of drug-likeness (QED) is 0.878. The van der Waals surface area contributed by atoms with Gasteiger partial charge in [0.15, 0.2) is 0 Å². The first-order chi connectivity index (χ1) is 10.1. The summed E-state index contributed by atoms with van der Waals surface area (Å²) in [6.07, 6.45) is 0. The molecule has 1 unspecified atom stereocenters. The molecular weight excluding hydrogens is 289 g/mol. The first kappa shape index (κ1) is 15.8. The Kier molecular flexibility index (Phi) is 5.21.